The first-order valence-electron chi connectivity index (χ1n) is 8.31. The second kappa shape index (κ2) is 12.2. The van der Waals surface area contributed by atoms with Crippen LogP contribution in [0.25, 0.3) is 0 Å². The standard InChI is InChI=1S/C18H25IO5/c1-3-5-6-9-23-17(20)14-11-15(13-16(19)12-14)18(21)24-10-7-8-22-4-2/h11-13H,3-10H2,1-2H3. The van der Waals surface area contributed by atoms with Crippen LogP contribution in [0, 0.1) is 3.57 Å². The fraction of sp³-hybridized carbons (Fsp3) is 0.556. The topological polar surface area (TPSA) is 61.8 Å². The third-order valence-electron chi connectivity index (χ3n) is 3.22. The summed E-state index contributed by atoms with van der Waals surface area (Å²) < 4.78 is 16.4. The molecule has 0 unspecified atom stereocenters. The summed E-state index contributed by atoms with van der Waals surface area (Å²) in [5.74, 6) is -0.847. The molecule has 0 radical (unpaired) electrons. The molecule has 0 bridgehead atoms. The molecule has 24 heavy (non-hydrogen) atoms. The van der Waals surface area contributed by atoms with Crippen molar-refractivity contribution in [3.8, 4) is 0 Å². The van der Waals surface area contributed by atoms with E-state index >= 15 is 0 Å². The second-order valence-electron chi connectivity index (χ2n) is 5.26. The zero-order valence-corrected chi connectivity index (χ0v) is 16.5. The van der Waals surface area contributed by atoms with E-state index in [9.17, 15) is 9.59 Å². The summed E-state index contributed by atoms with van der Waals surface area (Å²) in [5, 5.41) is 0. The van der Waals surface area contributed by atoms with E-state index in [1.165, 1.54) is 6.07 Å². The van der Waals surface area contributed by atoms with Gasteiger partial charge < -0.3 is 14.2 Å². The minimum absolute atomic E-state index is 0.293. The summed E-state index contributed by atoms with van der Waals surface area (Å²) in [6.45, 7) is 5.91. The van der Waals surface area contributed by atoms with Gasteiger partial charge in [0.1, 0.15) is 0 Å². The Kier molecular flexibility index (Phi) is 10.7. The normalized spacial score (nSPS) is 10.5. The van der Waals surface area contributed by atoms with Gasteiger partial charge in [0.15, 0.2) is 0 Å². The van der Waals surface area contributed by atoms with Crippen molar-refractivity contribution in [1.29, 1.82) is 0 Å². The Morgan fingerprint density at radius 3 is 2.00 bits per heavy atom. The highest BCUT2D eigenvalue weighted by molar-refractivity contribution is 14.1. The Morgan fingerprint density at radius 1 is 0.875 bits per heavy atom. The molecule has 1 aromatic carbocycles. The van der Waals surface area contributed by atoms with Crippen molar-refractivity contribution in [3.63, 3.8) is 0 Å². The average Bonchev–Trinajstić information content (AvgIpc) is 2.57. The number of unbranched alkanes of at least 4 members (excludes halogenated alkanes) is 2. The average molecular weight is 448 g/mol. The smallest absolute Gasteiger partial charge is 0.338 e. The van der Waals surface area contributed by atoms with Crippen molar-refractivity contribution < 1.29 is 23.8 Å². The fourth-order valence-electron chi connectivity index (χ4n) is 1.98. The molecule has 1 rings (SSSR count). The van der Waals surface area contributed by atoms with Gasteiger partial charge in [-0.25, -0.2) is 9.59 Å². The van der Waals surface area contributed by atoms with Gasteiger partial charge >= 0.3 is 11.9 Å². The van der Waals surface area contributed by atoms with E-state index in [-0.39, 0.29) is 0 Å². The summed E-state index contributed by atoms with van der Waals surface area (Å²) in [4.78, 5) is 24.2. The van der Waals surface area contributed by atoms with Crippen molar-refractivity contribution in [2.24, 2.45) is 0 Å². The number of hydrogen-bond acceptors (Lipinski definition) is 5. The second-order valence-corrected chi connectivity index (χ2v) is 6.50. The Balaban J connectivity index is 2.58. The van der Waals surface area contributed by atoms with Crippen LogP contribution < -0.4 is 0 Å². The molecule has 0 saturated heterocycles. The Labute approximate surface area is 157 Å². The molecular formula is C18H25IO5. The Bertz CT molecular complexity index is 530. The zero-order chi connectivity index (χ0) is 17.8. The van der Waals surface area contributed by atoms with Crippen LogP contribution >= 0.6 is 22.6 Å². The van der Waals surface area contributed by atoms with Gasteiger partial charge in [-0.2, -0.15) is 0 Å². The lowest BCUT2D eigenvalue weighted by molar-refractivity contribution is 0.0452. The summed E-state index contributed by atoms with van der Waals surface area (Å²) in [6, 6.07) is 4.92. The van der Waals surface area contributed by atoms with Gasteiger partial charge in [-0.3, -0.25) is 0 Å². The fourth-order valence-corrected chi connectivity index (χ4v) is 2.65. The number of ether oxygens (including phenoxy) is 3. The molecule has 134 valence electrons. The molecule has 5 nitrogen and oxygen atoms in total. The van der Waals surface area contributed by atoms with Crippen molar-refractivity contribution in [1.82, 2.24) is 0 Å². The van der Waals surface area contributed by atoms with Crippen molar-refractivity contribution >= 4 is 34.5 Å². The predicted octanol–water partition coefficient (Wildman–Crippen LogP) is 4.22. The number of hydrogen-bond donors (Lipinski definition) is 0. The lowest BCUT2D eigenvalue weighted by Gasteiger charge is -2.08. The number of benzene rings is 1. The Morgan fingerprint density at radius 2 is 1.46 bits per heavy atom. The highest BCUT2D eigenvalue weighted by Gasteiger charge is 2.14. The van der Waals surface area contributed by atoms with Crippen LogP contribution in [-0.4, -0.2) is 38.4 Å². The van der Waals surface area contributed by atoms with E-state index in [2.05, 4.69) is 29.5 Å². The molecule has 1 aromatic rings. The van der Waals surface area contributed by atoms with Crippen LogP contribution in [-0.2, 0) is 14.2 Å². The molecule has 0 aliphatic heterocycles. The maximum atomic E-state index is 12.1. The number of halogens is 1. The molecule has 0 atom stereocenters. The third kappa shape index (κ3) is 8.10. The SMILES string of the molecule is CCCCCOC(=O)c1cc(I)cc(C(=O)OCCCOCC)c1. The molecule has 0 heterocycles. The van der Waals surface area contributed by atoms with E-state index in [0.29, 0.717) is 44.0 Å². The van der Waals surface area contributed by atoms with Crippen molar-refractivity contribution in [3.05, 3.63) is 32.9 Å². The lowest BCUT2D eigenvalue weighted by atomic mass is 10.1. The molecule has 0 N–H and O–H groups in total. The first-order chi connectivity index (χ1) is 11.6. The lowest BCUT2D eigenvalue weighted by Crippen LogP contribution is -2.12. The molecular weight excluding hydrogens is 423 g/mol. The zero-order valence-electron chi connectivity index (χ0n) is 14.3. The van der Waals surface area contributed by atoms with E-state index < -0.39 is 11.9 Å². The van der Waals surface area contributed by atoms with Gasteiger partial charge in [-0.15, -0.1) is 0 Å². The molecule has 0 spiro atoms. The van der Waals surface area contributed by atoms with Gasteiger partial charge in [-0.05, 0) is 54.1 Å². The van der Waals surface area contributed by atoms with Gasteiger partial charge in [0.25, 0.3) is 0 Å². The molecule has 0 aliphatic carbocycles. The molecule has 0 amide bonds. The summed E-state index contributed by atoms with van der Waals surface area (Å²) in [6.07, 6.45) is 3.59. The minimum Gasteiger partial charge on any atom is -0.462 e. The van der Waals surface area contributed by atoms with Gasteiger partial charge in [0.2, 0.25) is 0 Å². The number of rotatable bonds is 11. The van der Waals surface area contributed by atoms with Crippen LogP contribution in [0.15, 0.2) is 18.2 Å². The first-order valence-corrected chi connectivity index (χ1v) is 9.39. The maximum Gasteiger partial charge on any atom is 0.338 e. The molecule has 0 fully saturated rings. The quantitative estimate of drug-likeness (QED) is 0.288. The largest absolute Gasteiger partial charge is 0.462 e. The van der Waals surface area contributed by atoms with E-state index in [4.69, 9.17) is 14.2 Å². The van der Waals surface area contributed by atoms with Crippen LogP contribution in [0.1, 0.15) is 60.2 Å². The monoisotopic (exact) mass is 448 g/mol. The summed E-state index contributed by atoms with van der Waals surface area (Å²) in [7, 11) is 0. The van der Waals surface area contributed by atoms with Crippen LogP contribution in [0.2, 0.25) is 0 Å². The number of esters is 2. The van der Waals surface area contributed by atoms with Crippen molar-refractivity contribution in [2.75, 3.05) is 26.4 Å². The van der Waals surface area contributed by atoms with Crippen LogP contribution in [0.4, 0.5) is 0 Å². The van der Waals surface area contributed by atoms with Crippen LogP contribution in [0.3, 0.4) is 0 Å². The van der Waals surface area contributed by atoms with E-state index in [1.807, 2.05) is 6.92 Å². The van der Waals surface area contributed by atoms with Crippen molar-refractivity contribution in [2.45, 2.75) is 39.5 Å². The predicted molar refractivity (Wildman–Crippen MR) is 100 cm³/mol. The maximum absolute atomic E-state index is 12.1. The molecule has 0 aliphatic rings. The molecule has 0 aromatic heterocycles. The molecule has 0 saturated carbocycles. The Hall–Kier alpha value is -1.15. The van der Waals surface area contributed by atoms with E-state index in [0.717, 1.165) is 22.8 Å². The van der Waals surface area contributed by atoms with E-state index in [1.54, 1.807) is 12.1 Å². The molecule has 6 heteroatoms. The number of carbonyl (C=O) groups is 2. The summed E-state index contributed by atoms with van der Waals surface area (Å²) in [5.41, 5.74) is 0.735. The minimum atomic E-state index is -0.440. The van der Waals surface area contributed by atoms with Crippen LogP contribution in [0.5, 0.6) is 0 Å². The highest BCUT2D eigenvalue weighted by Crippen LogP contribution is 2.15. The van der Waals surface area contributed by atoms with Gasteiger partial charge in [-0.1, -0.05) is 19.8 Å². The summed E-state index contributed by atoms with van der Waals surface area (Å²) >= 11 is 2.07. The van der Waals surface area contributed by atoms with Gasteiger partial charge in [0, 0.05) is 23.2 Å². The first kappa shape index (κ1) is 20.9. The number of carbonyl (C=O) groups excluding carboxylic acids is 2. The van der Waals surface area contributed by atoms with Gasteiger partial charge in [0.05, 0.1) is 24.3 Å². The highest BCUT2D eigenvalue weighted by atomic mass is 127. The third-order valence-corrected chi connectivity index (χ3v) is 3.84.